The van der Waals surface area contributed by atoms with Crippen LogP contribution in [-0.2, 0) is 16.4 Å². The number of H-pyrrole nitrogens is 1. The second-order valence-corrected chi connectivity index (χ2v) is 11.8. The molecule has 4 aromatic rings. The molecule has 0 amide bonds. The molecular formula is C23H13ClF9N3O5S. The van der Waals surface area contributed by atoms with Crippen molar-refractivity contribution in [1.29, 1.82) is 0 Å². The van der Waals surface area contributed by atoms with Gasteiger partial charge in [0, 0.05) is 18.1 Å². The van der Waals surface area contributed by atoms with Crippen LogP contribution in [0.25, 0.3) is 21.8 Å². The highest BCUT2D eigenvalue weighted by Crippen LogP contribution is 2.66. The van der Waals surface area contributed by atoms with Gasteiger partial charge in [-0.3, -0.25) is 4.79 Å². The smallest absolute Gasteiger partial charge is 0.378 e. The lowest BCUT2D eigenvalue weighted by atomic mass is 9.97. The maximum Gasteiger partial charge on any atom is 0.378 e. The first-order valence-corrected chi connectivity index (χ1v) is 13.3. The fraction of sp³-hybridized carbons (Fsp3) is 0.304. The maximum absolute atomic E-state index is 15.0. The van der Waals surface area contributed by atoms with E-state index in [1.807, 2.05) is 4.98 Å². The second kappa shape index (κ2) is 8.92. The van der Waals surface area contributed by atoms with Crippen molar-refractivity contribution in [2.24, 2.45) is 5.92 Å². The normalized spacial score (nSPS) is 19.6. The summed E-state index contributed by atoms with van der Waals surface area (Å²) >= 11 is 5.92. The molecule has 0 bridgehead atoms. The molecular weight excluding hydrogens is 637 g/mol. The summed E-state index contributed by atoms with van der Waals surface area (Å²) in [5.41, 5.74) is -3.98. The van der Waals surface area contributed by atoms with Gasteiger partial charge in [-0.25, -0.2) is 17.6 Å². The Labute approximate surface area is 231 Å². The van der Waals surface area contributed by atoms with Crippen LogP contribution in [0.1, 0.15) is 6.42 Å². The number of benzene rings is 2. The third-order valence-corrected chi connectivity index (χ3v) is 9.21. The number of hydrogen-bond donors (Lipinski definition) is 2. The van der Waals surface area contributed by atoms with E-state index in [1.165, 1.54) is 0 Å². The van der Waals surface area contributed by atoms with Crippen molar-refractivity contribution in [1.82, 2.24) is 14.3 Å². The van der Waals surface area contributed by atoms with E-state index in [4.69, 9.17) is 11.6 Å². The summed E-state index contributed by atoms with van der Waals surface area (Å²) in [6, 6.07) is 3.96. The number of aromatic nitrogens is 3. The Morgan fingerprint density at radius 1 is 0.952 bits per heavy atom. The quantitative estimate of drug-likeness (QED) is 0.232. The third kappa shape index (κ3) is 3.73. The molecule has 42 heavy (non-hydrogen) atoms. The fourth-order valence-electron chi connectivity index (χ4n) is 4.89. The Morgan fingerprint density at radius 2 is 1.55 bits per heavy atom. The maximum atomic E-state index is 15.0. The molecule has 5 rings (SSSR count). The summed E-state index contributed by atoms with van der Waals surface area (Å²) in [6.07, 6.45) is -0.741. The van der Waals surface area contributed by atoms with E-state index < -0.39 is 95.7 Å². The predicted octanol–water partition coefficient (Wildman–Crippen LogP) is 5.07. The Hall–Kier alpha value is -3.67. The molecule has 19 heteroatoms. The van der Waals surface area contributed by atoms with Gasteiger partial charge in [-0.2, -0.15) is 35.1 Å². The average Bonchev–Trinajstić information content (AvgIpc) is 3.32. The lowest BCUT2D eigenvalue weighted by molar-refractivity contribution is -0.303. The van der Waals surface area contributed by atoms with Gasteiger partial charge in [0.2, 0.25) is 9.84 Å². The molecule has 0 aliphatic heterocycles. The van der Waals surface area contributed by atoms with Crippen LogP contribution in [0.15, 0.2) is 55.9 Å². The van der Waals surface area contributed by atoms with Crippen LogP contribution < -0.4 is 11.2 Å². The van der Waals surface area contributed by atoms with Crippen molar-refractivity contribution < 1.29 is 53.1 Å². The molecule has 1 aliphatic rings. The highest BCUT2D eigenvalue weighted by molar-refractivity contribution is 7.91. The first kappa shape index (κ1) is 29.8. The zero-order chi connectivity index (χ0) is 31.4. The van der Waals surface area contributed by atoms with Crippen LogP contribution in [0, 0.1) is 11.7 Å². The number of rotatable bonds is 5. The standard InChI is InChI=1S/C23H13ClF9N3O5S/c24-11-1-2-14(17-16(11)18(37)36(39)19(38)34-17)42(40,41)9-7-12(25)10-3-5-35(13(10)8-9)6-4-15-20(26,27)22(30,31)23(32,33)21(15,28)29/h1-3,5,7-8,15,39H,4,6H2,(H,34,38). The van der Waals surface area contributed by atoms with Crippen molar-refractivity contribution in [3.8, 4) is 0 Å². The summed E-state index contributed by atoms with van der Waals surface area (Å²) in [5, 5.41) is 8.16. The topological polar surface area (TPSA) is 114 Å². The number of fused-ring (bicyclic) bond motifs is 2. The number of hydrogen-bond acceptors (Lipinski definition) is 5. The first-order chi connectivity index (χ1) is 19.2. The van der Waals surface area contributed by atoms with Gasteiger partial charge in [0.15, 0.2) is 0 Å². The highest BCUT2D eigenvalue weighted by Gasteiger charge is 2.92. The molecule has 0 unspecified atom stereocenters. The van der Waals surface area contributed by atoms with Gasteiger partial charge in [0.05, 0.1) is 31.2 Å². The predicted molar refractivity (Wildman–Crippen MR) is 126 cm³/mol. The van der Waals surface area contributed by atoms with Crippen molar-refractivity contribution >= 4 is 43.2 Å². The van der Waals surface area contributed by atoms with Gasteiger partial charge in [-0.05, 0) is 36.8 Å². The minimum absolute atomic E-state index is 0.382. The SMILES string of the molecule is O=c1[nH]c2c(S(=O)(=O)c3cc(F)c4ccn(CCC5C(F)(F)C(F)(F)C(F)(F)C5(F)F)c4c3)ccc(Cl)c2c(=O)n1O. The molecule has 0 radical (unpaired) electrons. The Balaban J connectivity index is 1.60. The van der Waals surface area contributed by atoms with Crippen molar-refractivity contribution in [2.45, 2.75) is 46.4 Å². The van der Waals surface area contributed by atoms with Gasteiger partial charge in [-0.15, -0.1) is 0 Å². The summed E-state index contributed by atoms with van der Waals surface area (Å²) in [5.74, 6) is -29.5. The molecule has 2 aromatic carbocycles. The van der Waals surface area contributed by atoms with Crippen molar-refractivity contribution in [2.75, 3.05) is 0 Å². The van der Waals surface area contributed by atoms with Gasteiger partial charge >= 0.3 is 29.4 Å². The molecule has 1 saturated carbocycles. The monoisotopic (exact) mass is 649 g/mol. The lowest BCUT2D eigenvalue weighted by Crippen LogP contribution is -2.51. The van der Waals surface area contributed by atoms with Gasteiger partial charge in [0.25, 0.3) is 5.56 Å². The number of halogens is 10. The number of alkyl halides is 8. The lowest BCUT2D eigenvalue weighted by Gasteiger charge is -2.23. The number of aromatic amines is 1. The van der Waals surface area contributed by atoms with Crippen LogP contribution in [0.3, 0.4) is 0 Å². The van der Waals surface area contributed by atoms with E-state index in [9.17, 15) is 62.7 Å². The van der Waals surface area contributed by atoms with E-state index in [0.29, 0.717) is 6.07 Å². The minimum Gasteiger partial charge on any atom is -0.421 e. The molecule has 2 aromatic heterocycles. The van der Waals surface area contributed by atoms with Gasteiger partial charge < -0.3 is 14.8 Å². The van der Waals surface area contributed by atoms with E-state index in [-0.39, 0.29) is 15.1 Å². The molecule has 0 saturated heterocycles. The van der Waals surface area contributed by atoms with Crippen LogP contribution in [0.5, 0.6) is 0 Å². The molecule has 0 atom stereocenters. The van der Waals surface area contributed by atoms with E-state index in [2.05, 4.69) is 0 Å². The summed E-state index contributed by atoms with van der Waals surface area (Å²) in [4.78, 5) is 24.5. The molecule has 1 fully saturated rings. The minimum atomic E-state index is -6.37. The number of nitrogens with one attached hydrogen (secondary N) is 1. The number of sulfone groups is 1. The zero-order valence-corrected chi connectivity index (χ0v) is 21.7. The van der Waals surface area contributed by atoms with Gasteiger partial charge in [0.1, 0.15) is 11.7 Å². The third-order valence-electron chi connectivity index (χ3n) is 7.12. The van der Waals surface area contributed by atoms with Crippen molar-refractivity contribution in [3.63, 3.8) is 0 Å². The van der Waals surface area contributed by atoms with Crippen LogP contribution in [-0.4, -0.2) is 51.6 Å². The van der Waals surface area contributed by atoms with Crippen LogP contribution >= 0.6 is 11.6 Å². The largest absolute Gasteiger partial charge is 0.421 e. The zero-order valence-electron chi connectivity index (χ0n) is 20.1. The molecule has 8 nitrogen and oxygen atoms in total. The fourth-order valence-corrected chi connectivity index (χ4v) is 6.58. The van der Waals surface area contributed by atoms with Crippen LogP contribution in [0.4, 0.5) is 39.5 Å². The Morgan fingerprint density at radius 3 is 2.14 bits per heavy atom. The van der Waals surface area contributed by atoms with E-state index in [1.54, 1.807) is 0 Å². The van der Waals surface area contributed by atoms with Gasteiger partial charge in [-0.1, -0.05) is 16.3 Å². The first-order valence-electron chi connectivity index (χ1n) is 11.4. The molecule has 226 valence electrons. The molecule has 0 spiro atoms. The van der Waals surface area contributed by atoms with E-state index >= 15 is 0 Å². The number of aryl methyl sites for hydroxylation is 1. The molecule has 1 aliphatic carbocycles. The Kier molecular flexibility index (Phi) is 6.33. The summed E-state index contributed by atoms with van der Waals surface area (Å²) < 4.78 is 153. The summed E-state index contributed by atoms with van der Waals surface area (Å²) in [6.45, 7) is -1.07. The summed E-state index contributed by atoms with van der Waals surface area (Å²) in [7, 11) is -4.89. The van der Waals surface area contributed by atoms with Crippen LogP contribution in [0.2, 0.25) is 5.02 Å². The molecule has 2 N–H and O–H groups in total. The Bertz CT molecular complexity index is 2000. The number of nitrogens with zero attached hydrogens (tertiary/aromatic N) is 2. The van der Waals surface area contributed by atoms with E-state index in [0.717, 1.165) is 35.0 Å². The van der Waals surface area contributed by atoms with Crippen molar-refractivity contribution in [3.05, 3.63) is 68.2 Å². The second-order valence-electron chi connectivity index (χ2n) is 9.43. The molecule has 2 heterocycles. The highest BCUT2D eigenvalue weighted by atomic mass is 35.5. The average molecular weight is 650 g/mol.